The van der Waals surface area contributed by atoms with Crippen LogP contribution in [0.25, 0.3) is 21.5 Å². The van der Waals surface area contributed by atoms with Crippen molar-refractivity contribution in [3.8, 4) is 16.3 Å². The van der Waals surface area contributed by atoms with Crippen molar-refractivity contribution in [3.63, 3.8) is 0 Å². The zero-order chi connectivity index (χ0) is 21.2. The van der Waals surface area contributed by atoms with Crippen LogP contribution in [0.2, 0.25) is 0 Å². The molecule has 5 nitrogen and oxygen atoms in total. The van der Waals surface area contributed by atoms with Gasteiger partial charge in [-0.2, -0.15) is 5.10 Å². The Morgan fingerprint density at radius 1 is 1.00 bits per heavy atom. The molecule has 0 aliphatic carbocycles. The van der Waals surface area contributed by atoms with Gasteiger partial charge in [0.05, 0.1) is 23.9 Å². The summed E-state index contributed by atoms with van der Waals surface area (Å²) in [6, 6.07) is 20.2. The van der Waals surface area contributed by atoms with Crippen molar-refractivity contribution >= 4 is 45.5 Å². The topological polar surface area (TPSA) is 54.7 Å². The molecule has 0 aliphatic rings. The zero-order valence-electron chi connectivity index (χ0n) is 17.1. The van der Waals surface area contributed by atoms with Crippen LogP contribution in [0.5, 0.6) is 5.75 Å². The van der Waals surface area contributed by atoms with Gasteiger partial charge in [-0.15, -0.1) is 22.7 Å². The third-order valence-electron chi connectivity index (χ3n) is 5.01. The maximum Gasteiger partial charge on any atom is 0.211 e. The van der Waals surface area contributed by atoms with E-state index in [2.05, 4.69) is 40.9 Å². The molecule has 154 valence electrons. The maximum atomic E-state index is 5.48. The van der Waals surface area contributed by atoms with Crippen LogP contribution in [0.1, 0.15) is 11.3 Å². The first-order valence-corrected chi connectivity index (χ1v) is 11.5. The molecule has 31 heavy (non-hydrogen) atoms. The van der Waals surface area contributed by atoms with Crippen molar-refractivity contribution in [3.05, 3.63) is 87.5 Å². The Morgan fingerprint density at radius 3 is 2.68 bits per heavy atom. The molecule has 0 aliphatic heterocycles. The lowest BCUT2D eigenvalue weighted by Gasteiger charge is -2.04. The average Bonchev–Trinajstić information content (AvgIpc) is 3.51. The normalized spacial score (nSPS) is 12.3. The van der Waals surface area contributed by atoms with Crippen LogP contribution in [0.3, 0.4) is 0 Å². The first-order chi connectivity index (χ1) is 15.2. The van der Waals surface area contributed by atoms with Gasteiger partial charge in [-0.1, -0.05) is 36.4 Å². The fourth-order valence-corrected chi connectivity index (χ4v) is 5.13. The molecule has 0 fully saturated rings. The Hall–Kier alpha value is -3.42. The third kappa shape index (κ3) is 3.73. The number of hydrogen-bond acceptors (Lipinski definition) is 5. The Balaban J connectivity index is 1.68. The Kier molecular flexibility index (Phi) is 5.28. The highest BCUT2D eigenvalue weighted by atomic mass is 32.1. The molecular weight excluding hydrogens is 424 g/mol. The quantitative estimate of drug-likeness (QED) is 0.323. The highest BCUT2D eigenvalue weighted by Crippen LogP contribution is 2.28. The maximum absolute atomic E-state index is 5.48. The highest BCUT2D eigenvalue weighted by Gasteiger charge is 2.11. The number of ether oxygens (including phenoxy) is 1. The second kappa shape index (κ2) is 8.37. The molecule has 0 saturated carbocycles. The predicted octanol–water partition coefficient (Wildman–Crippen LogP) is 6.19. The molecule has 0 atom stereocenters. The zero-order valence-corrected chi connectivity index (χ0v) is 18.7. The van der Waals surface area contributed by atoms with Crippen LogP contribution in [0.4, 0.5) is 5.69 Å². The van der Waals surface area contributed by atoms with Crippen molar-refractivity contribution in [1.29, 1.82) is 0 Å². The number of aromatic amines is 1. The predicted molar refractivity (Wildman–Crippen MR) is 130 cm³/mol. The summed E-state index contributed by atoms with van der Waals surface area (Å²) in [6.07, 6.45) is 1.92. The van der Waals surface area contributed by atoms with Gasteiger partial charge < -0.3 is 9.72 Å². The molecule has 2 aromatic carbocycles. The van der Waals surface area contributed by atoms with Gasteiger partial charge in [0.25, 0.3) is 0 Å². The lowest BCUT2D eigenvalue weighted by atomic mass is 10.1. The van der Waals surface area contributed by atoms with Crippen LogP contribution in [-0.4, -0.2) is 23.0 Å². The number of nitrogens with zero attached hydrogens (tertiary/aromatic N) is 3. The minimum atomic E-state index is 0.733. The Labute approximate surface area is 187 Å². The number of thiophene rings is 1. The van der Waals surface area contributed by atoms with Gasteiger partial charge in [0.2, 0.25) is 4.80 Å². The summed E-state index contributed by atoms with van der Waals surface area (Å²) < 4.78 is 7.39. The number of thiazole rings is 1. The number of fused-ring (bicyclic) bond motifs is 1. The minimum absolute atomic E-state index is 0.733. The Morgan fingerprint density at radius 2 is 1.84 bits per heavy atom. The van der Waals surface area contributed by atoms with E-state index in [1.165, 1.54) is 0 Å². The van der Waals surface area contributed by atoms with Crippen molar-refractivity contribution < 1.29 is 4.74 Å². The standard InChI is InChI=1S/C24H20N4OS2/c1-16-18(17-8-3-4-9-19(17)26-16)14-25-28-21(23-12-7-13-30-23)15-31-24(28)27-20-10-5-6-11-22(20)29-2/h3-15,26H,1-2H3. The van der Waals surface area contributed by atoms with E-state index in [9.17, 15) is 0 Å². The fraction of sp³-hybridized carbons (Fsp3) is 0.0833. The van der Waals surface area contributed by atoms with E-state index in [-0.39, 0.29) is 0 Å². The first-order valence-electron chi connectivity index (χ1n) is 9.78. The van der Waals surface area contributed by atoms with E-state index in [1.807, 2.05) is 53.4 Å². The molecule has 0 saturated heterocycles. The third-order valence-corrected chi connectivity index (χ3v) is 6.71. The number of benzene rings is 2. The van der Waals surface area contributed by atoms with Gasteiger partial charge in [-0.3, -0.25) is 0 Å². The smallest absolute Gasteiger partial charge is 0.211 e. The first kappa shape index (κ1) is 19.5. The molecule has 0 amide bonds. The lowest BCUT2D eigenvalue weighted by Crippen LogP contribution is -2.11. The number of methoxy groups -OCH3 is 1. The van der Waals surface area contributed by atoms with E-state index in [0.29, 0.717) is 0 Å². The summed E-state index contributed by atoms with van der Waals surface area (Å²) in [7, 11) is 1.66. The minimum Gasteiger partial charge on any atom is -0.494 e. The number of nitrogens with one attached hydrogen (secondary N) is 1. The van der Waals surface area contributed by atoms with Gasteiger partial charge in [0, 0.05) is 27.5 Å². The molecule has 5 rings (SSSR count). The van der Waals surface area contributed by atoms with Crippen molar-refractivity contribution in [2.24, 2.45) is 10.1 Å². The van der Waals surface area contributed by atoms with Crippen LogP contribution in [0, 0.1) is 6.92 Å². The van der Waals surface area contributed by atoms with Crippen LogP contribution in [-0.2, 0) is 0 Å². The molecule has 3 aromatic heterocycles. The second-order valence-corrected chi connectivity index (χ2v) is 8.71. The number of rotatable bonds is 5. The van der Waals surface area contributed by atoms with Gasteiger partial charge >= 0.3 is 0 Å². The SMILES string of the molecule is COc1ccccc1N=c1scc(-c2cccs2)n1N=Cc1c(C)[nH]c2ccccc12. The number of H-pyrrole nitrogens is 1. The molecular formula is C24H20N4OS2. The summed E-state index contributed by atoms with van der Waals surface area (Å²) in [6.45, 7) is 2.07. The molecule has 0 bridgehead atoms. The van der Waals surface area contributed by atoms with Crippen LogP contribution in [0.15, 0.2) is 81.5 Å². The molecule has 0 unspecified atom stereocenters. The van der Waals surface area contributed by atoms with E-state index in [4.69, 9.17) is 14.8 Å². The second-order valence-electron chi connectivity index (χ2n) is 6.93. The van der Waals surface area contributed by atoms with Crippen molar-refractivity contribution in [2.75, 3.05) is 7.11 Å². The van der Waals surface area contributed by atoms with Crippen LogP contribution >= 0.6 is 22.7 Å². The molecule has 3 heterocycles. The summed E-state index contributed by atoms with van der Waals surface area (Å²) in [5.74, 6) is 0.733. The van der Waals surface area contributed by atoms with Gasteiger partial charge in [-0.25, -0.2) is 9.67 Å². The number of aryl methyl sites for hydroxylation is 1. The van der Waals surface area contributed by atoms with Crippen LogP contribution < -0.4 is 9.54 Å². The van der Waals surface area contributed by atoms with Gasteiger partial charge in [0.1, 0.15) is 11.4 Å². The van der Waals surface area contributed by atoms with Crippen molar-refractivity contribution in [2.45, 2.75) is 6.92 Å². The van der Waals surface area contributed by atoms with E-state index < -0.39 is 0 Å². The summed E-state index contributed by atoms with van der Waals surface area (Å²) in [5, 5.41) is 10.2. The average molecular weight is 445 g/mol. The van der Waals surface area contributed by atoms with Crippen molar-refractivity contribution in [1.82, 2.24) is 9.66 Å². The van der Waals surface area contributed by atoms with Gasteiger partial charge in [0.15, 0.2) is 0 Å². The fourth-order valence-electron chi connectivity index (χ4n) is 3.49. The summed E-state index contributed by atoms with van der Waals surface area (Å²) >= 11 is 3.25. The molecule has 7 heteroatoms. The van der Waals surface area contributed by atoms with E-state index >= 15 is 0 Å². The largest absolute Gasteiger partial charge is 0.494 e. The molecule has 0 spiro atoms. The highest BCUT2D eigenvalue weighted by molar-refractivity contribution is 7.14. The molecule has 1 N–H and O–H groups in total. The Bertz CT molecular complexity index is 1440. The van der Waals surface area contributed by atoms with E-state index in [0.717, 1.165) is 49.0 Å². The monoisotopic (exact) mass is 444 g/mol. The lowest BCUT2D eigenvalue weighted by molar-refractivity contribution is 0.416. The van der Waals surface area contributed by atoms with E-state index in [1.54, 1.807) is 29.8 Å². The van der Waals surface area contributed by atoms with Gasteiger partial charge in [-0.05, 0) is 36.6 Å². The summed E-state index contributed by atoms with van der Waals surface area (Å²) in [4.78, 5) is 10.2. The number of aromatic nitrogens is 2. The summed E-state index contributed by atoms with van der Waals surface area (Å²) in [5.41, 5.74) is 5.06. The molecule has 0 radical (unpaired) electrons. The number of para-hydroxylation sites is 3. The molecule has 5 aromatic rings. The number of hydrogen-bond donors (Lipinski definition) is 1.